The fourth-order valence-corrected chi connectivity index (χ4v) is 4.67. The van der Waals surface area contributed by atoms with Crippen LogP contribution in [0.4, 0.5) is 5.69 Å². The van der Waals surface area contributed by atoms with Gasteiger partial charge in [-0.15, -0.1) is 0 Å². The van der Waals surface area contributed by atoms with E-state index >= 15 is 0 Å². The molecule has 1 N–H and O–H groups in total. The number of aromatic nitrogens is 1. The lowest BCUT2D eigenvalue weighted by atomic mass is 10.2. The Morgan fingerprint density at radius 2 is 2.19 bits per heavy atom. The predicted octanol–water partition coefficient (Wildman–Crippen LogP) is 1.56. The molecule has 1 saturated heterocycles. The van der Waals surface area contributed by atoms with Crippen LogP contribution in [0.2, 0.25) is 0 Å². The van der Waals surface area contributed by atoms with E-state index in [2.05, 4.69) is 10.3 Å². The van der Waals surface area contributed by atoms with Crippen molar-refractivity contribution in [1.82, 2.24) is 9.29 Å². The summed E-state index contributed by atoms with van der Waals surface area (Å²) >= 11 is 0. The summed E-state index contributed by atoms with van der Waals surface area (Å²) in [7, 11) is -3.69. The number of nitrogens with one attached hydrogen (secondary N) is 1. The highest BCUT2D eigenvalue weighted by Crippen LogP contribution is 2.32. The van der Waals surface area contributed by atoms with E-state index in [1.54, 1.807) is 18.3 Å². The van der Waals surface area contributed by atoms with Crippen molar-refractivity contribution in [2.45, 2.75) is 24.3 Å². The van der Waals surface area contributed by atoms with Crippen LogP contribution in [0.3, 0.4) is 0 Å². The molecule has 4 rings (SSSR count). The minimum Gasteiger partial charge on any atom is -0.487 e. The van der Waals surface area contributed by atoms with Gasteiger partial charge in [-0.1, -0.05) is 0 Å². The molecule has 1 unspecified atom stereocenters. The Labute approximate surface area is 157 Å². The first-order chi connectivity index (χ1) is 12.9. The van der Waals surface area contributed by atoms with Crippen LogP contribution in [0.15, 0.2) is 41.4 Å². The summed E-state index contributed by atoms with van der Waals surface area (Å²) in [5.74, 6) is 0.817. The first-order valence-corrected chi connectivity index (χ1v) is 10.0. The molecule has 9 heteroatoms. The second-order valence-corrected chi connectivity index (χ2v) is 8.41. The summed E-state index contributed by atoms with van der Waals surface area (Å²) in [4.78, 5) is 15.8. The number of aryl methyl sites for hydroxylation is 1. The molecule has 142 valence electrons. The van der Waals surface area contributed by atoms with E-state index in [0.717, 1.165) is 5.69 Å². The number of nitrogens with zero attached hydrogens (tertiary/aromatic N) is 2. The lowest BCUT2D eigenvalue weighted by Crippen LogP contribution is -2.31. The second kappa shape index (κ2) is 6.82. The van der Waals surface area contributed by atoms with Crippen molar-refractivity contribution in [3.63, 3.8) is 0 Å². The average Bonchev–Trinajstić information content (AvgIpc) is 3.12. The molecule has 2 aliphatic heterocycles. The van der Waals surface area contributed by atoms with Gasteiger partial charge in [0.05, 0.1) is 22.8 Å². The van der Waals surface area contributed by atoms with Gasteiger partial charge in [0.2, 0.25) is 10.0 Å². The zero-order valence-corrected chi connectivity index (χ0v) is 15.5. The van der Waals surface area contributed by atoms with E-state index in [0.29, 0.717) is 30.2 Å². The van der Waals surface area contributed by atoms with Crippen LogP contribution in [0.5, 0.6) is 11.5 Å². The molecule has 1 aromatic heterocycles. The van der Waals surface area contributed by atoms with Gasteiger partial charge in [0.25, 0.3) is 5.91 Å². The van der Waals surface area contributed by atoms with Crippen LogP contribution in [-0.4, -0.2) is 49.4 Å². The van der Waals surface area contributed by atoms with Crippen molar-refractivity contribution in [2.75, 3.05) is 25.0 Å². The van der Waals surface area contributed by atoms with Gasteiger partial charge in [0, 0.05) is 12.7 Å². The van der Waals surface area contributed by atoms with Crippen molar-refractivity contribution in [2.24, 2.45) is 0 Å². The molecule has 1 atom stereocenters. The minimum atomic E-state index is -3.69. The molecule has 1 fully saturated rings. The van der Waals surface area contributed by atoms with Crippen molar-refractivity contribution >= 4 is 21.6 Å². The third-order valence-electron chi connectivity index (χ3n) is 4.58. The number of hydrogen-bond donors (Lipinski definition) is 1. The summed E-state index contributed by atoms with van der Waals surface area (Å²) in [5.41, 5.74) is 1.13. The number of amides is 1. The Kier molecular flexibility index (Phi) is 4.48. The molecule has 8 nitrogen and oxygen atoms in total. The van der Waals surface area contributed by atoms with E-state index in [1.165, 1.54) is 16.4 Å². The van der Waals surface area contributed by atoms with Crippen LogP contribution in [-0.2, 0) is 14.8 Å². The van der Waals surface area contributed by atoms with Gasteiger partial charge >= 0.3 is 0 Å². The predicted molar refractivity (Wildman–Crippen MR) is 97.3 cm³/mol. The van der Waals surface area contributed by atoms with Crippen molar-refractivity contribution < 1.29 is 22.7 Å². The molecule has 1 amide bonds. The lowest BCUT2D eigenvalue weighted by molar-refractivity contribution is -0.118. The van der Waals surface area contributed by atoms with Crippen LogP contribution >= 0.6 is 0 Å². The molecule has 0 radical (unpaired) electrons. The van der Waals surface area contributed by atoms with Gasteiger partial charge in [-0.05, 0) is 43.7 Å². The van der Waals surface area contributed by atoms with Gasteiger partial charge < -0.3 is 14.8 Å². The number of rotatable bonds is 4. The van der Waals surface area contributed by atoms with E-state index < -0.39 is 10.0 Å². The third kappa shape index (κ3) is 3.47. The van der Waals surface area contributed by atoms with Gasteiger partial charge in [-0.25, -0.2) is 8.42 Å². The smallest absolute Gasteiger partial charge is 0.262 e. The molecule has 0 saturated carbocycles. The molecule has 0 bridgehead atoms. The molecule has 3 heterocycles. The first kappa shape index (κ1) is 17.7. The second-order valence-electron chi connectivity index (χ2n) is 6.47. The van der Waals surface area contributed by atoms with Crippen LogP contribution < -0.4 is 14.8 Å². The summed E-state index contributed by atoms with van der Waals surface area (Å²) in [6, 6.07) is 8.10. The zero-order chi connectivity index (χ0) is 19.0. The summed E-state index contributed by atoms with van der Waals surface area (Å²) < 4.78 is 38.5. The number of hydrogen-bond acceptors (Lipinski definition) is 6. The maximum absolute atomic E-state index is 13.0. The normalized spacial score (nSPS) is 19.9. The number of sulfonamides is 1. The van der Waals surface area contributed by atoms with Crippen molar-refractivity contribution in [3.8, 4) is 11.5 Å². The Bertz CT molecular complexity index is 992. The number of benzene rings is 1. The molecular formula is C18H19N3O5S. The van der Waals surface area contributed by atoms with E-state index in [1.807, 2.05) is 13.0 Å². The molecule has 0 spiro atoms. The number of anilines is 1. The average molecular weight is 389 g/mol. The third-order valence-corrected chi connectivity index (χ3v) is 6.44. The number of carbonyl (C=O) groups excluding carboxylic acids is 1. The highest BCUT2D eigenvalue weighted by atomic mass is 32.2. The van der Waals surface area contributed by atoms with E-state index in [4.69, 9.17) is 9.47 Å². The zero-order valence-electron chi connectivity index (χ0n) is 14.7. The largest absolute Gasteiger partial charge is 0.487 e. The topological polar surface area (TPSA) is 97.8 Å². The highest BCUT2D eigenvalue weighted by Gasteiger charge is 2.34. The fourth-order valence-electron chi connectivity index (χ4n) is 3.16. The van der Waals surface area contributed by atoms with Crippen LogP contribution in [0, 0.1) is 6.92 Å². The molecule has 2 aliphatic rings. The molecule has 27 heavy (non-hydrogen) atoms. The molecule has 1 aromatic carbocycles. The Morgan fingerprint density at radius 1 is 1.33 bits per heavy atom. The van der Waals surface area contributed by atoms with Gasteiger partial charge in [0.15, 0.2) is 6.61 Å². The van der Waals surface area contributed by atoms with Gasteiger partial charge in [-0.2, -0.15) is 4.31 Å². The highest BCUT2D eigenvalue weighted by molar-refractivity contribution is 7.89. The number of pyridine rings is 1. The van der Waals surface area contributed by atoms with E-state index in [9.17, 15) is 13.2 Å². The standard InChI is InChI=1S/C18H19N3O5S/c1-12-16(3-2-7-19-12)26-13-6-8-21(10-13)27(23,24)14-4-5-17-15(9-14)20-18(22)11-25-17/h2-5,7,9,13H,6,8,10-11H2,1H3,(H,20,22). The maximum Gasteiger partial charge on any atom is 0.262 e. The Morgan fingerprint density at radius 3 is 3.00 bits per heavy atom. The Balaban J connectivity index is 1.51. The summed E-state index contributed by atoms with van der Waals surface area (Å²) in [6.45, 7) is 2.41. The summed E-state index contributed by atoms with van der Waals surface area (Å²) in [6.07, 6.45) is 2.05. The van der Waals surface area contributed by atoms with Crippen LogP contribution in [0.1, 0.15) is 12.1 Å². The molecular weight excluding hydrogens is 370 g/mol. The molecule has 2 aromatic rings. The summed E-state index contributed by atoms with van der Waals surface area (Å²) in [5, 5.41) is 2.63. The molecule has 0 aliphatic carbocycles. The maximum atomic E-state index is 13.0. The SMILES string of the molecule is Cc1ncccc1OC1CCN(S(=O)(=O)c2ccc3c(c2)NC(=O)CO3)C1. The van der Waals surface area contributed by atoms with E-state index in [-0.39, 0.29) is 30.1 Å². The Hall–Kier alpha value is -2.65. The first-order valence-electron chi connectivity index (χ1n) is 8.58. The lowest BCUT2D eigenvalue weighted by Gasteiger charge is -2.21. The van der Waals surface area contributed by atoms with Crippen molar-refractivity contribution in [1.29, 1.82) is 0 Å². The number of ether oxygens (including phenoxy) is 2. The van der Waals surface area contributed by atoms with Crippen molar-refractivity contribution in [3.05, 3.63) is 42.2 Å². The minimum absolute atomic E-state index is 0.0714. The van der Waals surface area contributed by atoms with Crippen LogP contribution in [0.25, 0.3) is 0 Å². The number of fused-ring (bicyclic) bond motifs is 1. The monoisotopic (exact) mass is 389 g/mol. The quantitative estimate of drug-likeness (QED) is 0.852. The number of carbonyl (C=O) groups is 1. The van der Waals surface area contributed by atoms with Gasteiger partial charge in [-0.3, -0.25) is 9.78 Å². The fraction of sp³-hybridized carbons (Fsp3) is 0.333. The van der Waals surface area contributed by atoms with Gasteiger partial charge in [0.1, 0.15) is 17.6 Å².